The van der Waals surface area contributed by atoms with Crippen molar-refractivity contribution in [2.45, 2.75) is 26.7 Å². The Morgan fingerprint density at radius 3 is 2.47 bits per heavy atom. The van der Waals surface area contributed by atoms with Gasteiger partial charge < -0.3 is 20.3 Å². The van der Waals surface area contributed by atoms with Crippen LogP contribution in [0.1, 0.15) is 30.9 Å². The molecule has 0 saturated heterocycles. The standard InChI is InChI=1S/C16H18ClN3O2.C10H13NO/c1-11-6-7-14(22-10-15(21)18-2)13(9-11)20(3)16-12(17)5-4-8-19-16;1-8(2)9-3-5-10(6-4-9)11-7-12/h4-9H,10H2,1-3H3,(H,18,21);3-8H,1-2H3,(H,11,12). The number of halogens is 1. The number of aromatic nitrogens is 1. The minimum absolute atomic E-state index is 0.0453. The maximum atomic E-state index is 11.4. The number of carbonyl (C=O) groups is 2. The van der Waals surface area contributed by atoms with Gasteiger partial charge >= 0.3 is 0 Å². The number of nitrogens with zero attached hydrogens (tertiary/aromatic N) is 2. The zero-order valence-corrected chi connectivity index (χ0v) is 20.9. The van der Waals surface area contributed by atoms with Crippen LogP contribution in [0.25, 0.3) is 0 Å². The van der Waals surface area contributed by atoms with E-state index in [9.17, 15) is 9.59 Å². The van der Waals surface area contributed by atoms with Crippen LogP contribution < -0.4 is 20.3 Å². The highest BCUT2D eigenvalue weighted by Gasteiger charge is 2.15. The van der Waals surface area contributed by atoms with Gasteiger partial charge in [0.25, 0.3) is 5.91 Å². The van der Waals surface area contributed by atoms with Crippen LogP contribution in [0, 0.1) is 6.92 Å². The Kier molecular flexibility index (Phi) is 10.4. The number of carbonyl (C=O) groups excluding carboxylic acids is 2. The quantitative estimate of drug-likeness (QED) is 0.425. The average Bonchev–Trinajstić information content (AvgIpc) is 2.84. The van der Waals surface area contributed by atoms with E-state index >= 15 is 0 Å². The number of benzene rings is 2. The number of likely N-dealkylation sites (N-methyl/N-ethyl adjacent to an activating group) is 1. The smallest absolute Gasteiger partial charge is 0.257 e. The summed E-state index contributed by atoms with van der Waals surface area (Å²) in [5.74, 6) is 1.57. The van der Waals surface area contributed by atoms with Crippen LogP contribution in [0.5, 0.6) is 5.75 Å². The fraction of sp³-hybridized carbons (Fsp3) is 0.269. The van der Waals surface area contributed by atoms with Crippen molar-refractivity contribution < 1.29 is 14.3 Å². The first-order valence-corrected chi connectivity index (χ1v) is 11.2. The van der Waals surface area contributed by atoms with Crippen LogP contribution in [-0.2, 0) is 9.59 Å². The molecule has 0 aliphatic carbocycles. The lowest BCUT2D eigenvalue weighted by Crippen LogP contribution is -2.25. The maximum absolute atomic E-state index is 11.4. The first-order valence-electron chi connectivity index (χ1n) is 10.8. The Hall–Kier alpha value is -3.58. The van der Waals surface area contributed by atoms with E-state index < -0.39 is 0 Å². The van der Waals surface area contributed by atoms with Gasteiger partial charge in [-0.1, -0.05) is 43.6 Å². The molecule has 0 unspecified atom stereocenters. The number of hydrogen-bond acceptors (Lipinski definition) is 5. The van der Waals surface area contributed by atoms with Gasteiger partial charge in [0.15, 0.2) is 12.4 Å². The third-order valence-corrected chi connectivity index (χ3v) is 5.27. The fourth-order valence-electron chi connectivity index (χ4n) is 3.00. The van der Waals surface area contributed by atoms with Gasteiger partial charge in [-0.15, -0.1) is 0 Å². The highest BCUT2D eigenvalue weighted by atomic mass is 35.5. The van der Waals surface area contributed by atoms with Gasteiger partial charge in [0, 0.05) is 26.0 Å². The van der Waals surface area contributed by atoms with Crippen molar-refractivity contribution in [3.05, 3.63) is 76.9 Å². The van der Waals surface area contributed by atoms with E-state index in [4.69, 9.17) is 16.3 Å². The molecule has 8 heteroatoms. The molecule has 0 aliphatic heterocycles. The number of anilines is 3. The molecule has 0 atom stereocenters. The Morgan fingerprint density at radius 1 is 1.18 bits per heavy atom. The first kappa shape index (κ1) is 26.7. The Balaban J connectivity index is 0.000000287. The van der Waals surface area contributed by atoms with E-state index in [0.717, 1.165) is 16.9 Å². The molecular weight excluding hydrogens is 452 g/mol. The molecule has 0 radical (unpaired) electrons. The normalized spacial score (nSPS) is 10.1. The summed E-state index contributed by atoms with van der Waals surface area (Å²) < 4.78 is 5.60. The summed E-state index contributed by atoms with van der Waals surface area (Å²) in [6.45, 7) is 6.22. The molecule has 2 N–H and O–H groups in total. The van der Waals surface area contributed by atoms with Gasteiger partial charge in [-0.3, -0.25) is 9.59 Å². The van der Waals surface area contributed by atoms with Crippen LogP contribution in [0.4, 0.5) is 17.2 Å². The Morgan fingerprint density at radius 2 is 1.88 bits per heavy atom. The van der Waals surface area contributed by atoms with Crippen molar-refractivity contribution in [1.82, 2.24) is 10.3 Å². The number of hydrogen-bond donors (Lipinski definition) is 2. The first-order chi connectivity index (χ1) is 16.3. The Bertz CT molecular complexity index is 1090. The highest BCUT2D eigenvalue weighted by molar-refractivity contribution is 6.33. The molecule has 3 rings (SSSR count). The lowest BCUT2D eigenvalue weighted by atomic mass is 10.0. The van der Waals surface area contributed by atoms with Crippen LogP contribution in [0.3, 0.4) is 0 Å². The van der Waals surface area contributed by atoms with E-state index in [2.05, 4.69) is 29.5 Å². The van der Waals surface area contributed by atoms with Crippen molar-refractivity contribution in [3.63, 3.8) is 0 Å². The van der Waals surface area contributed by atoms with Crippen LogP contribution in [-0.4, -0.2) is 38.0 Å². The van der Waals surface area contributed by atoms with Crippen molar-refractivity contribution >= 4 is 41.1 Å². The summed E-state index contributed by atoms with van der Waals surface area (Å²) in [4.78, 5) is 27.6. The molecule has 0 aliphatic rings. The van der Waals surface area contributed by atoms with E-state index in [1.54, 1.807) is 25.4 Å². The van der Waals surface area contributed by atoms with Gasteiger partial charge in [-0.2, -0.15) is 0 Å². The zero-order chi connectivity index (χ0) is 25.1. The van der Waals surface area contributed by atoms with E-state index in [1.807, 2.05) is 61.3 Å². The molecule has 1 aromatic heterocycles. The number of ether oxygens (including phenoxy) is 1. The molecule has 0 bridgehead atoms. The van der Waals surface area contributed by atoms with Gasteiger partial charge in [0.05, 0.1) is 10.7 Å². The van der Waals surface area contributed by atoms with Crippen molar-refractivity contribution in [2.75, 3.05) is 30.9 Å². The molecule has 7 nitrogen and oxygen atoms in total. The summed E-state index contributed by atoms with van der Waals surface area (Å²) in [6, 6.07) is 17.1. The monoisotopic (exact) mass is 482 g/mol. The number of amides is 2. The zero-order valence-electron chi connectivity index (χ0n) is 20.1. The summed E-state index contributed by atoms with van der Waals surface area (Å²) in [5, 5.41) is 5.66. The molecule has 1 heterocycles. The summed E-state index contributed by atoms with van der Waals surface area (Å²) in [5.41, 5.74) is 3.99. The number of pyridine rings is 1. The van der Waals surface area contributed by atoms with Gasteiger partial charge in [-0.25, -0.2) is 4.98 Å². The van der Waals surface area contributed by atoms with Crippen molar-refractivity contribution in [2.24, 2.45) is 0 Å². The molecule has 2 aromatic carbocycles. The SMILES string of the molecule is CC(C)c1ccc(NC=O)cc1.CNC(=O)COc1ccc(C)cc1N(C)c1ncccc1Cl. The van der Waals surface area contributed by atoms with E-state index in [1.165, 1.54) is 5.56 Å². The molecule has 2 amide bonds. The average molecular weight is 483 g/mol. The predicted octanol–water partition coefficient (Wildman–Crippen LogP) is 5.31. The van der Waals surface area contributed by atoms with Gasteiger partial charge in [-0.05, 0) is 60.4 Å². The molecule has 34 heavy (non-hydrogen) atoms. The minimum atomic E-state index is -0.190. The lowest BCUT2D eigenvalue weighted by Gasteiger charge is -2.22. The largest absolute Gasteiger partial charge is 0.482 e. The molecular formula is C26H31ClN4O3. The van der Waals surface area contributed by atoms with E-state index in [-0.39, 0.29) is 12.5 Å². The second-order valence-electron chi connectivity index (χ2n) is 7.84. The van der Waals surface area contributed by atoms with Crippen LogP contribution in [0.2, 0.25) is 5.02 Å². The Labute approximate surface area is 206 Å². The number of nitrogens with one attached hydrogen (secondary N) is 2. The lowest BCUT2D eigenvalue weighted by molar-refractivity contribution is -0.122. The predicted molar refractivity (Wildman–Crippen MR) is 138 cm³/mol. The maximum Gasteiger partial charge on any atom is 0.257 e. The molecule has 0 spiro atoms. The highest BCUT2D eigenvalue weighted by Crippen LogP contribution is 2.35. The third-order valence-electron chi connectivity index (χ3n) is 4.97. The number of aryl methyl sites for hydroxylation is 1. The second-order valence-corrected chi connectivity index (χ2v) is 8.25. The third kappa shape index (κ3) is 7.78. The second kappa shape index (κ2) is 13.2. The van der Waals surface area contributed by atoms with Crippen LogP contribution in [0.15, 0.2) is 60.8 Å². The van der Waals surface area contributed by atoms with Gasteiger partial charge in [0.2, 0.25) is 6.41 Å². The molecule has 0 fully saturated rings. The van der Waals surface area contributed by atoms with Crippen molar-refractivity contribution in [1.29, 1.82) is 0 Å². The molecule has 3 aromatic rings. The molecule has 180 valence electrons. The summed E-state index contributed by atoms with van der Waals surface area (Å²) in [7, 11) is 3.43. The van der Waals surface area contributed by atoms with Gasteiger partial charge in [0.1, 0.15) is 5.75 Å². The topological polar surface area (TPSA) is 83.6 Å². The summed E-state index contributed by atoms with van der Waals surface area (Å²) >= 11 is 6.20. The fourth-order valence-corrected chi connectivity index (χ4v) is 3.25. The minimum Gasteiger partial charge on any atom is -0.482 e. The van der Waals surface area contributed by atoms with Crippen LogP contribution >= 0.6 is 11.6 Å². The summed E-state index contributed by atoms with van der Waals surface area (Å²) in [6.07, 6.45) is 2.36. The van der Waals surface area contributed by atoms with Crippen molar-refractivity contribution in [3.8, 4) is 5.75 Å². The van der Waals surface area contributed by atoms with E-state index in [0.29, 0.717) is 28.9 Å². The number of rotatable bonds is 8. The molecule has 0 saturated carbocycles.